The molecule has 0 bridgehead atoms. The normalized spacial score (nSPS) is 20.6. The predicted molar refractivity (Wildman–Crippen MR) is 116 cm³/mol. The fourth-order valence-electron chi connectivity index (χ4n) is 4.26. The number of benzene rings is 1. The molecule has 2 amide bonds. The van der Waals surface area contributed by atoms with Crippen LogP contribution in [0.2, 0.25) is 0 Å². The first-order chi connectivity index (χ1) is 14.7. The molecule has 1 aromatic carbocycles. The van der Waals surface area contributed by atoms with Gasteiger partial charge in [0.2, 0.25) is 15.9 Å². The van der Waals surface area contributed by atoms with E-state index in [4.69, 9.17) is 0 Å². The molecule has 0 saturated carbocycles. The van der Waals surface area contributed by atoms with Crippen molar-refractivity contribution in [3.05, 3.63) is 30.6 Å². The van der Waals surface area contributed by atoms with E-state index in [0.29, 0.717) is 37.4 Å². The highest BCUT2D eigenvalue weighted by molar-refractivity contribution is 7.89. The van der Waals surface area contributed by atoms with Gasteiger partial charge in [-0.05, 0) is 31.0 Å². The quantitative estimate of drug-likeness (QED) is 0.764. The van der Waals surface area contributed by atoms with Gasteiger partial charge in [0.25, 0.3) is 0 Å². The van der Waals surface area contributed by atoms with Crippen LogP contribution in [0, 0.1) is 0 Å². The van der Waals surface area contributed by atoms with E-state index in [1.807, 2.05) is 19.2 Å². The van der Waals surface area contributed by atoms with Crippen molar-refractivity contribution < 1.29 is 23.1 Å². The first-order valence-electron chi connectivity index (χ1n) is 10.1. The van der Waals surface area contributed by atoms with Gasteiger partial charge in [-0.1, -0.05) is 6.07 Å². The van der Waals surface area contributed by atoms with Gasteiger partial charge in [-0.15, -0.1) is 0 Å². The first kappa shape index (κ1) is 21.3. The fraction of sp³-hybridized carbons (Fsp3) is 0.450. The lowest BCUT2D eigenvalue weighted by Gasteiger charge is -2.39. The molecule has 0 aliphatic carbocycles. The minimum Gasteiger partial charge on any atom is -0.465 e. The third-order valence-electron chi connectivity index (χ3n) is 5.73. The van der Waals surface area contributed by atoms with E-state index in [9.17, 15) is 23.1 Å². The molecule has 1 atom stereocenters. The second kappa shape index (κ2) is 7.97. The number of amides is 2. The van der Waals surface area contributed by atoms with Crippen molar-refractivity contribution in [2.45, 2.75) is 32.9 Å². The fourth-order valence-corrected chi connectivity index (χ4v) is 5.78. The molecule has 0 unspecified atom stereocenters. The molecule has 0 radical (unpaired) electrons. The summed E-state index contributed by atoms with van der Waals surface area (Å²) >= 11 is 0. The van der Waals surface area contributed by atoms with Crippen molar-refractivity contribution >= 4 is 33.4 Å². The molecule has 31 heavy (non-hydrogen) atoms. The average Bonchev–Trinajstić information content (AvgIpc) is 3.30. The lowest BCUT2D eigenvalue weighted by Crippen LogP contribution is -2.51. The number of fused-ring (bicyclic) bond motifs is 1. The highest BCUT2D eigenvalue weighted by Crippen LogP contribution is 2.38. The van der Waals surface area contributed by atoms with Crippen LogP contribution >= 0.6 is 0 Å². The molecule has 2 aliphatic rings. The van der Waals surface area contributed by atoms with Crippen molar-refractivity contribution in [2.24, 2.45) is 0 Å². The average molecular weight is 448 g/mol. The largest absolute Gasteiger partial charge is 0.465 e. The van der Waals surface area contributed by atoms with Crippen LogP contribution in [0.15, 0.2) is 30.6 Å². The molecule has 0 spiro atoms. The van der Waals surface area contributed by atoms with Gasteiger partial charge in [0, 0.05) is 38.3 Å². The number of nitrogens with zero attached hydrogens (tertiary/aromatic N) is 5. The second-order valence-electron chi connectivity index (χ2n) is 7.90. The zero-order chi connectivity index (χ0) is 22.3. The molecule has 11 heteroatoms. The monoisotopic (exact) mass is 447 g/mol. The van der Waals surface area contributed by atoms with E-state index in [0.717, 1.165) is 11.1 Å². The maximum absolute atomic E-state index is 12.1. The Labute approximate surface area is 180 Å². The maximum Gasteiger partial charge on any atom is 0.411 e. The van der Waals surface area contributed by atoms with Gasteiger partial charge in [0.05, 0.1) is 35.9 Å². The van der Waals surface area contributed by atoms with Crippen molar-refractivity contribution in [3.63, 3.8) is 0 Å². The smallest absolute Gasteiger partial charge is 0.411 e. The minimum absolute atomic E-state index is 0.142. The number of hydrogen-bond acceptors (Lipinski definition) is 5. The summed E-state index contributed by atoms with van der Waals surface area (Å²) in [6.45, 7) is 4.81. The van der Waals surface area contributed by atoms with E-state index in [2.05, 4.69) is 5.10 Å². The molecule has 166 valence electrons. The minimum atomic E-state index is -3.15. The SMILES string of the molecule is CC(=O)N1c2ccc(-c3cnn(CCN4CCCS4(=O)=O)c3)cc2N(C(=O)O)C[C@@H]1C. The number of aromatic nitrogens is 2. The number of rotatable bonds is 4. The van der Waals surface area contributed by atoms with Crippen molar-refractivity contribution in [1.82, 2.24) is 14.1 Å². The summed E-state index contributed by atoms with van der Waals surface area (Å²) in [7, 11) is -3.15. The first-order valence-corrected chi connectivity index (χ1v) is 11.7. The molecule has 2 aromatic rings. The molecule has 4 rings (SSSR count). The van der Waals surface area contributed by atoms with Crippen molar-refractivity contribution in [2.75, 3.05) is 35.2 Å². The van der Waals surface area contributed by atoms with Gasteiger partial charge in [-0.25, -0.2) is 17.5 Å². The maximum atomic E-state index is 12.1. The Balaban J connectivity index is 1.59. The lowest BCUT2D eigenvalue weighted by molar-refractivity contribution is -0.117. The standard InChI is InChI=1S/C20H25N5O5S/c1-14-12-24(20(27)28)19-10-16(4-5-18(19)25(14)15(2)26)17-11-21-22(13-17)7-8-23-6-3-9-31(23,29)30/h4-5,10-11,13-14H,3,6-9,12H2,1-2H3,(H,27,28)/t14-/m0/s1. The topological polar surface area (TPSA) is 116 Å². The van der Waals surface area contributed by atoms with E-state index < -0.39 is 16.1 Å². The van der Waals surface area contributed by atoms with E-state index in [1.165, 1.54) is 16.1 Å². The highest BCUT2D eigenvalue weighted by Gasteiger charge is 2.34. The van der Waals surface area contributed by atoms with Crippen LogP contribution in [-0.2, 0) is 21.4 Å². The van der Waals surface area contributed by atoms with Crippen LogP contribution in [0.3, 0.4) is 0 Å². The third-order valence-corrected chi connectivity index (χ3v) is 7.69. The van der Waals surface area contributed by atoms with Crippen molar-refractivity contribution in [3.8, 4) is 11.1 Å². The zero-order valence-corrected chi connectivity index (χ0v) is 18.2. The number of sulfonamides is 1. The van der Waals surface area contributed by atoms with Crippen LogP contribution in [0.5, 0.6) is 0 Å². The van der Waals surface area contributed by atoms with Crippen molar-refractivity contribution in [1.29, 1.82) is 0 Å². The van der Waals surface area contributed by atoms with E-state index >= 15 is 0 Å². The van der Waals surface area contributed by atoms with E-state index in [1.54, 1.807) is 27.9 Å². The van der Waals surface area contributed by atoms with Crippen LogP contribution in [0.25, 0.3) is 11.1 Å². The summed E-state index contributed by atoms with van der Waals surface area (Å²) in [6, 6.07) is 5.07. The molecule has 3 heterocycles. The molecule has 2 aliphatic heterocycles. The Morgan fingerprint density at radius 1 is 1.19 bits per heavy atom. The number of carbonyl (C=O) groups is 2. The predicted octanol–water partition coefficient (Wildman–Crippen LogP) is 1.83. The molecule has 1 aromatic heterocycles. The van der Waals surface area contributed by atoms with Crippen LogP contribution in [-0.4, -0.2) is 71.0 Å². The number of anilines is 2. The number of hydrogen-bond donors (Lipinski definition) is 1. The van der Waals surface area contributed by atoms with Gasteiger partial charge in [-0.3, -0.25) is 14.4 Å². The Hall–Kier alpha value is -2.92. The summed E-state index contributed by atoms with van der Waals surface area (Å²) in [6.07, 6.45) is 3.05. The Morgan fingerprint density at radius 2 is 1.97 bits per heavy atom. The zero-order valence-electron chi connectivity index (χ0n) is 17.4. The molecule has 10 nitrogen and oxygen atoms in total. The number of carboxylic acid groups (broad SMARTS) is 1. The second-order valence-corrected chi connectivity index (χ2v) is 9.98. The Kier molecular flexibility index (Phi) is 5.48. The summed E-state index contributed by atoms with van der Waals surface area (Å²) in [4.78, 5) is 26.8. The van der Waals surface area contributed by atoms with Crippen LogP contribution in [0.4, 0.5) is 16.2 Å². The molecular formula is C20H25N5O5S. The van der Waals surface area contributed by atoms with Gasteiger partial charge in [0.15, 0.2) is 0 Å². The third kappa shape index (κ3) is 4.02. The van der Waals surface area contributed by atoms with Crippen LogP contribution < -0.4 is 9.80 Å². The molecule has 1 saturated heterocycles. The molecule has 1 fully saturated rings. The molecule has 1 N–H and O–H groups in total. The Morgan fingerprint density at radius 3 is 2.61 bits per heavy atom. The lowest BCUT2D eigenvalue weighted by atomic mass is 10.0. The Bertz CT molecular complexity index is 1130. The van der Waals surface area contributed by atoms with Gasteiger partial charge < -0.3 is 10.0 Å². The molecular weight excluding hydrogens is 422 g/mol. The number of carbonyl (C=O) groups excluding carboxylic acids is 1. The summed E-state index contributed by atoms with van der Waals surface area (Å²) < 4.78 is 27.1. The van der Waals surface area contributed by atoms with E-state index in [-0.39, 0.29) is 24.2 Å². The summed E-state index contributed by atoms with van der Waals surface area (Å²) in [5, 5.41) is 14.0. The van der Waals surface area contributed by atoms with Gasteiger partial charge in [0.1, 0.15) is 0 Å². The highest BCUT2D eigenvalue weighted by atomic mass is 32.2. The van der Waals surface area contributed by atoms with Gasteiger partial charge in [-0.2, -0.15) is 5.10 Å². The summed E-state index contributed by atoms with van der Waals surface area (Å²) in [5.74, 6) is 0.0545. The summed E-state index contributed by atoms with van der Waals surface area (Å²) in [5.41, 5.74) is 2.56. The van der Waals surface area contributed by atoms with Crippen LogP contribution in [0.1, 0.15) is 20.3 Å². The van der Waals surface area contributed by atoms with Gasteiger partial charge >= 0.3 is 6.09 Å².